The second kappa shape index (κ2) is 7.98. The summed E-state index contributed by atoms with van der Waals surface area (Å²) in [4.78, 5) is 34.5. The standard InChI is InChI=1S/C16H18ClN5O3/c17-11-10-20-16(22-7-1-2-8-22)21-13(11)15(24)19-6-5-18-14(23)12-4-3-9-25-12/h3-4,9-10H,1-2,5-8H2,(H,18,23)(H,19,24). The predicted octanol–water partition coefficient (Wildman–Crippen LogP) is 1.48. The molecule has 2 N–H and O–H groups in total. The summed E-state index contributed by atoms with van der Waals surface area (Å²) in [6.07, 6.45) is 5.04. The molecule has 0 atom stereocenters. The van der Waals surface area contributed by atoms with Crippen LogP contribution in [0, 0.1) is 0 Å². The fraction of sp³-hybridized carbons (Fsp3) is 0.375. The Hall–Kier alpha value is -2.61. The van der Waals surface area contributed by atoms with E-state index in [9.17, 15) is 9.59 Å². The highest BCUT2D eigenvalue weighted by Crippen LogP contribution is 2.19. The molecule has 25 heavy (non-hydrogen) atoms. The number of nitrogens with one attached hydrogen (secondary N) is 2. The molecule has 0 aromatic carbocycles. The van der Waals surface area contributed by atoms with E-state index in [1.54, 1.807) is 12.1 Å². The smallest absolute Gasteiger partial charge is 0.287 e. The van der Waals surface area contributed by atoms with Crippen molar-refractivity contribution in [3.8, 4) is 0 Å². The molecule has 0 saturated carbocycles. The minimum atomic E-state index is -0.403. The van der Waals surface area contributed by atoms with E-state index in [1.165, 1.54) is 12.5 Å². The van der Waals surface area contributed by atoms with Gasteiger partial charge in [0.15, 0.2) is 11.5 Å². The normalized spacial score (nSPS) is 13.7. The van der Waals surface area contributed by atoms with Gasteiger partial charge in [-0.2, -0.15) is 0 Å². The summed E-state index contributed by atoms with van der Waals surface area (Å²) < 4.78 is 4.98. The van der Waals surface area contributed by atoms with Crippen LogP contribution in [0.5, 0.6) is 0 Å². The van der Waals surface area contributed by atoms with E-state index in [-0.39, 0.29) is 35.5 Å². The Morgan fingerprint density at radius 1 is 1.20 bits per heavy atom. The maximum atomic E-state index is 12.3. The zero-order valence-corrected chi connectivity index (χ0v) is 14.3. The lowest BCUT2D eigenvalue weighted by Crippen LogP contribution is -2.35. The van der Waals surface area contributed by atoms with Crippen LogP contribution in [0.25, 0.3) is 0 Å². The first-order chi connectivity index (χ1) is 12.1. The van der Waals surface area contributed by atoms with E-state index in [1.807, 2.05) is 4.90 Å². The van der Waals surface area contributed by atoms with Crippen molar-refractivity contribution in [1.29, 1.82) is 0 Å². The molecule has 0 aliphatic carbocycles. The number of furan rings is 1. The second-order valence-electron chi connectivity index (χ2n) is 5.55. The highest BCUT2D eigenvalue weighted by Gasteiger charge is 2.19. The van der Waals surface area contributed by atoms with Crippen molar-refractivity contribution in [2.24, 2.45) is 0 Å². The van der Waals surface area contributed by atoms with Crippen molar-refractivity contribution in [2.75, 3.05) is 31.1 Å². The van der Waals surface area contributed by atoms with Crippen molar-refractivity contribution < 1.29 is 14.0 Å². The van der Waals surface area contributed by atoms with Gasteiger partial charge in [-0.05, 0) is 25.0 Å². The number of carbonyl (C=O) groups excluding carboxylic acids is 2. The largest absolute Gasteiger partial charge is 0.459 e. The average Bonchev–Trinajstić information content (AvgIpc) is 3.32. The quantitative estimate of drug-likeness (QED) is 0.754. The highest BCUT2D eigenvalue weighted by molar-refractivity contribution is 6.33. The molecule has 1 saturated heterocycles. The number of aromatic nitrogens is 2. The number of anilines is 1. The zero-order valence-electron chi connectivity index (χ0n) is 13.5. The maximum absolute atomic E-state index is 12.3. The minimum Gasteiger partial charge on any atom is -0.459 e. The Labute approximate surface area is 149 Å². The van der Waals surface area contributed by atoms with Crippen LogP contribution < -0.4 is 15.5 Å². The van der Waals surface area contributed by atoms with Crippen LogP contribution in [0.4, 0.5) is 5.95 Å². The van der Waals surface area contributed by atoms with Gasteiger partial charge in [-0.3, -0.25) is 9.59 Å². The first-order valence-corrected chi connectivity index (χ1v) is 8.40. The Balaban J connectivity index is 1.52. The molecule has 1 aliphatic rings. The summed E-state index contributed by atoms with van der Waals surface area (Å²) in [5.74, 6) is -0.00525. The van der Waals surface area contributed by atoms with Gasteiger partial charge in [-0.15, -0.1) is 0 Å². The summed E-state index contributed by atoms with van der Waals surface area (Å²) in [5.41, 5.74) is 0.135. The third-order valence-electron chi connectivity index (χ3n) is 3.78. The first-order valence-electron chi connectivity index (χ1n) is 8.02. The Bertz CT molecular complexity index is 744. The molecule has 1 fully saturated rings. The average molecular weight is 364 g/mol. The lowest BCUT2D eigenvalue weighted by Gasteiger charge is -2.16. The number of hydrogen-bond acceptors (Lipinski definition) is 6. The molecule has 3 rings (SSSR count). The number of nitrogens with zero attached hydrogens (tertiary/aromatic N) is 3. The van der Waals surface area contributed by atoms with Gasteiger partial charge < -0.3 is 20.0 Å². The molecule has 3 heterocycles. The molecule has 1 aliphatic heterocycles. The van der Waals surface area contributed by atoms with E-state index in [2.05, 4.69) is 20.6 Å². The van der Waals surface area contributed by atoms with Crippen LogP contribution >= 0.6 is 11.6 Å². The Morgan fingerprint density at radius 2 is 1.92 bits per heavy atom. The first kappa shape index (κ1) is 17.2. The van der Waals surface area contributed by atoms with Crippen LogP contribution in [-0.2, 0) is 0 Å². The van der Waals surface area contributed by atoms with Gasteiger partial charge >= 0.3 is 0 Å². The molecule has 132 valence electrons. The molecule has 0 radical (unpaired) electrons. The summed E-state index contributed by atoms with van der Waals surface area (Å²) in [6.45, 7) is 2.25. The topological polar surface area (TPSA) is 100 Å². The van der Waals surface area contributed by atoms with Crippen molar-refractivity contribution >= 4 is 29.4 Å². The van der Waals surface area contributed by atoms with E-state index in [0.717, 1.165) is 25.9 Å². The number of rotatable bonds is 6. The van der Waals surface area contributed by atoms with Crippen LogP contribution in [0.3, 0.4) is 0 Å². The minimum absolute atomic E-state index is 0.135. The summed E-state index contributed by atoms with van der Waals surface area (Å²) in [7, 11) is 0. The molecule has 0 spiro atoms. The van der Waals surface area contributed by atoms with Crippen LogP contribution in [0.2, 0.25) is 5.02 Å². The third-order valence-corrected chi connectivity index (χ3v) is 4.05. The van der Waals surface area contributed by atoms with Crippen LogP contribution in [0.15, 0.2) is 29.0 Å². The van der Waals surface area contributed by atoms with Gasteiger partial charge in [0.05, 0.1) is 17.5 Å². The second-order valence-corrected chi connectivity index (χ2v) is 5.96. The summed E-state index contributed by atoms with van der Waals surface area (Å²) in [6, 6.07) is 3.19. The van der Waals surface area contributed by atoms with Gasteiger partial charge in [-0.25, -0.2) is 9.97 Å². The van der Waals surface area contributed by atoms with E-state index >= 15 is 0 Å². The van der Waals surface area contributed by atoms with Crippen molar-refractivity contribution in [2.45, 2.75) is 12.8 Å². The zero-order chi connectivity index (χ0) is 17.6. The number of carbonyl (C=O) groups is 2. The molecular weight excluding hydrogens is 346 g/mol. The fourth-order valence-electron chi connectivity index (χ4n) is 2.52. The number of hydrogen-bond donors (Lipinski definition) is 2. The van der Waals surface area contributed by atoms with Gasteiger partial charge in [0, 0.05) is 26.2 Å². The number of amides is 2. The monoisotopic (exact) mass is 363 g/mol. The molecule has 2 aromatic heterocycles. The van der Waals surface area contributed by atoms with Gasteiger partial charge in [0.1, 0.15) is 0 Å². The summed E-state index contributed by atoms with van der Waals surface area (Å²) in [5, 5.41) is 5.52. The lowest BCUT2D eigenvalue weighted by molar-refractivity contribution is 0.0909. The lowest BCUT2D eigenvalue weighted by atomic mass is 10.3. The van der Waals surface area contributed by atoms with E-state index in [4.69, 9.17) is 16.0 Å². The highest BCUT2D eigenvalue weighted by atomic mass is 35.5. The Morgan fingerprint density at radius 3 is 2.60 bits per heavy atom. The van der Waals surface area contributed by atoms with Gasteiger partial charge in [0.25, 0.3) is 11.8 Å². The van der Waals surface area contributed by atoms with Crippen molar-refractivity contribution in [3.63, 3.8) is 0 Å². The molecule has 2 amide bonds. The maximum Gasteiger partial charge on any atom is 0.287 e. The molecule has 8 nitrogen and oxygen atoms in total. The molecule has 0 unspecified atom stereocenters. The molecule has 0 bridgehead atoms. The fourth-order valence-corrected chi connectivity index (χ4v) is 2.69. The molecular formula is C16H18ClN5O3. The SMILES string of the molecule is O=C(NCCNC(=O)c1nc(N2CCCC2)ncc1Cl)c1ccco1. The van der Waals surface area contributed by atoms with Crippen LogP contribution in [-0.4, -0.2) is 48.0 Å². The molecule has 9 heteroatoms. The van der Waals surface area contributed by atoms with Gasteiger partial charge in [0.2, 0.25) is 5.95 Å². The van der Waals surface area contributed by atoms with Gasteiger partial charge in [-0.1, -0.05) is 11.6 Å². The van der Waals surface area contributed by atoms with Crippen LogP contribution in [0.1, 0.15) is 33.9 Å². The van der Waals surface area contributed by atoms with E-state index in [0.29, 0.717) is 5.95 Å². The summed E-state index contributed by atoms with van der Waals surface area (Å²) >= 11 is 6.04. The Kier molecular flexibility index (Phi) is 5.49. The number of halogens is 1. The molecule has 2 aromatic rings. The third kappa shape index (κ3) is 4.27. The predicted molar refractivity (Wildman–Crippen MR) is 91.9 cm³/mol. The van der Waals surface area contributed by atoms with Crippen molar-refractivity contribution in [3.05, 3.63) is 41.1 Å². The van der Waals surface area contributed by atoms with Crippen molar-refractivity contribution in [1.82, 2.24) is 20.6 Å². The van der Waals surface area contributed by atoms with E-state index < -0.39 is 5.91 Å².